The molecule has 0 aliphatic carbocycles. The van der Waals surface area contributed by atoms with Crippen molar-refractivity contribution in [3.63, 3.8) is 0 Å². The van der Waals surface area contributed by atoms with Crippen molar-refractivity contribution in [2.45, 2.75) is 39.2 Å². The molecule has 2 atom stereocenters. The zero-order valence-corrected chi connectivity index (χ0v) is 14.7. The van der Waals surface area contributed by atoms with Crippen molar-refractivity contribution in [1.82, 2.24) is 5.32 Å². The van der Waals surface area contributed by atoms with Gasteiger partial charge in [-0.15, -0.1) is 0 Å². The van der Waals surface area contributed by atoms with Crippen LogP contribution in [0.4, 0.5) is 8.78 Å². The minimum Gasteiger partial charge on any atom is -0.483 e. The van der Waals surface area contributed by atoms with Crippen LogP contribution >= 0.6 is 0 Å². The number of benzene rings is 2. The number of amides is 1. The van der Waals surface area contributed by atoms with Crippen LogP contribution in [0.15, 0.2) is 42.5 Å². The standard InChI is InChI=1S/C20H23F2NO2/c1-4-13(2)16-7-5-6-8-19(16)25-12-20(24)23-14(3)17-11-15(21)9-10-18(17)22/h5-11,13-14H,4,12H2,1-3H3,(H,23,24). The van der Waals surface area contributed by atoms with Gasteiger partial charge in [0.05, 0.1) is 6.04 Å². The first-order valence-electron chi connectivity index (χ1n) is 8.38. The molecule has 0 spiro atoms. The second-order valence-electron chi connectivity index (χ2n) is 6.09. The van der Waals surface area contributed by atoms with Crippen LogP contribution in [0.5, 0.6) is 5.75 Å². The minimum atomic E-state index is -0.656. The zero-order chi connectivity index (χ0) is 18.4. The van der Waals surface area contributed by atoms with Crippen LogP contribution < -0.4 is 10.1 Å². The molecule has 5 heteroatoms. The van der Waals surface area contributed by atoms with Gasteiger partial charge in [-0.1, -0.05) is 32.0 Å². The summed E-state index contributed by atoms with van der Waals surface area (Å²) in [6.45, 7) is 5.60. The van der Waals surface area contributed by atoms with E-state index in [0.717, 1.165) is 30.2 Å². The fraction of sp³-hybridized carbons (Fsp3) is 0.350. The monoisotopic (exact) mass is 347 g/mol. The maximum Gasteiger partial charge on any atom is 0.258 e. The van der Waals surface area contributed by atoms with Crippen molar-refractivity contribution in [1.29, 1.82) is 0 Å². The molecule has 0 saturated heterocycles. The van der Waals surface area contributed by atoms with E-state index in [1.165, 1.54) is 0 Å². The lowest BCUT2D eigenvalue weighted by atomic mass is 9.98. The first-order valence-corrected chi connectivity index (χ1v) is 8.38. The zero-order valence-electron chi connectivity index (χ0n) is 14.7. The molecule has 2 aromatic rings. The van der Waals surface area contributed by atoms with E-state index in [-0.39, 0.29) is 12.2 Å². The van der Waals surface area contributed by atoms with E-state index >= 15 is 0 Å². The number of hydrogen-bond donors (Lipinski definition) is 1. The van der Waals surface area contributed by atoms with Crippen LogP contribution in [0.25, 0.3) is 0 Å². The summed E-state index contributed by atoms with van der Waals surface area (Å²) in [5.74, 6) is -0.514. The SMILES string of the molecule is CCC(C)c1ccccc1OCC(=O)NC(C)c1cc(F)ccc1F. The third kappa shape index (κ3) is 5.02. The molecule has 134 valence electrons. The van der Waals surface area contributed by atoms with Gasteiger partial charge in [-0.2, -0.15) is 0 Å². The molecule has 1 amide bonds. The number of nitrogens with one attached hydrogen (secondary N) is 1. The van der Waals surface area contributed by atoms with E-state index in [9.17, 15) is 13.6 Å². The highest BCUT2D eigenvalue weighted by Crippen LogP contribution is 2.28. The molecule has 0 aliphatic heterocycles. The number of hydrogen-bond acceptors (Lipinski definition) is 2. The van der Waals surface area contributed by atoms with Crippen LogP contribution in [0, 0.1) is 11.6 Å². The van der Waals surface area contributed by atoms with Gasteiger partial charge >= 0.3 is 0 Å². The Kier molecular flexibility index (Phi) is 6.51. The first-order chi connectivity index (χ1) is 11.9. The van der Waals surface area contributed by atoms with Gasteiger partial charge in [-0.25, -0.2) is 8.78 Å². The lowest BCUT2D eigenvalue weighted by molar-refractivity contribution is -0.123. The van der Waals surface area contributed by atoms with Gasteiger partial charge in [-0.05, 0) is 49.1 Å². The van der Waals surface area contributed by atoms with Gasteiger partial charge in [0, 0.05) is 5.56 Å². The van der Waals surface area contributed by atoms with Gasteiger partial charge < -0.3 is 10.1 Å². The number of halogens is 2. The summed E-state index contributed by atoms with van der Waals surface area (Å²) in [4.78, 5) is 12.1. The third-order valence-corrected chi connectivity index (χ3v) is 4.22. The number of carbonyl (C=O) groups excluding carboxylic acids is 1. The molecular weight excluding hydrogens is 324 g/mol. The van der Waals surface area contributed by atoms with Crippen molar-refractivity contribution in [3.8, 4) is 5.75 Å². The highest BCUT2D eigenvalue weighted by atomic mass is 19.1. The van der Waals surface area contributed by atoms with Gasteiger partial charge in [0.2, 0.25) is 0 Å². The quantitative estimate of drug-likeness (QED) is 0.786. The molecule has 0 bridgehead atoms. The summed E-state index contributed by atoms with van der Waals surface area (Å²) in [7, 11) is 0. The summed E-state index contributed by atoms with van der Waals surface area (Å²) >= 11 is 0. The second-order valence-corrected chi connectivity index (χ2v) is 6.09. The smallest absolute Gasteiger partial charge is 0.258 e. The molecule has 0 heterocycles. The van der Waals surface area contributed by atoms with E-state index in [0.29, 0.717) is 11.7 Å². The van der Waals surface area contributed by atoms with E-state index in [2.05, 4.69) is 19.2 Å². The molecule has 0 fully saturated rings. The highest BCUT2D eigenvalue weighted by Gasteiger charge is 2.16. The van der Waals surface area contributed by atoms with Crippen LogP contribution in [0.2, 0.25) is 0 Å². The van der Waals surface area contributed by atoms with Gasteiger partial charge in [0.1, 0.15) is 17.4 Å². The summed E-state index contributed by atoms with van der Waals surface area (Å²) in [6.07, 6.45) is 0.961. The van der Waals surface area contributed by atoms with Gasteiger partial charge in [0.15, 0.2) is 6.61 Å². The summed E-state index contributed by atoms with van der Waals surface area (Å²) < 4.78 is 32.6. The molecule has 2 unspecified atom stereocenters. The molecule has 25 heavy (non-hydrogen) atoms. The predicted molar refractivity (Wildman–Crippen MR) is 93.6 cm³/mol. The molecule has 1 N–H and O–H groups in total. The Morgan fingerprint density at radius 1 is 1.12 bits per heavy atom. The Morgan fingerprint density at radius 2 is 1.84 bits per heavy atom. The fourth-order valence-electron chi connectivity index (χ4n) is 2.59. The summed E-state index contributed by atoms with van der Waals surface area (Å²) in [6, 6.07) is 10.1. The minimum absolute atomic E-state index is 0.105. The molecular formula is C20H23F2NO2. The Hall–Kier alpha value is -2.43. The highest BCUT2D eigenvalue weighted by molar-refractivity contribution is 5.78. The van der Waals surface area contributed by atoms with Gasteiger partial charge in [0.25, 0.3) is 5.91 Å². The van der Waals surface area contributed by atoms with Crippen molar-refractivity contribution in [2.75, 3.05) is 6.61 Å². The number of carbonyl (C=O) groups is 1. The van der Waals surface area contributed by atoms with Crippen LogP contribution in [0.1, 0.15) is 50.3 Å². The normalized spacial score (nSPS) is 13.2. The van der Waals surface area contributed by atoms with E-state index in [4.69, 9.17) is 4.74 Å². The van der Waals surface area contributed by atoms with Crippen LogP contribution in [-0.2, 0) is 4.79 Å². The Morgan fingerprint density at radius 3 is 2.56 bits per heavy atom. The molecule has 0 aromatic heterocycles. The van der Waals surface area contributed by atoms with Crippen LogP contribution in [0.3, 0.4) is 0 Å². The van der Waals surface area contributed by atoms with Crippen LogP contribution in [-0.4, -0.2) is 12.5 Å². The van der Waals surface area contributed by atoms with Crippen molar-refractivity contribution in [2.24, 2.45) is 0 Å². The predicted octanol–water partition coefficient (Wildman–Crippen LogP) is 4.73. The van der Waals surface area contributed by atoms with E-state index in [1.807, 2.05) is 24.3 Å². The van der Waals surface area contributed by atoms with Crippen molar-refractivity contribution >= 4 is 5.91 Å². The largest absolute Gasteiger partial charge is 0.483 e. The number of rotatable bonds is 7. The molecule has 0 radical (unpaired) electrons. The average molecular weight is 347 g/mol. The summed E-state index contributed by atoms with van der Waals surface area (Å²) in [5.41, 5.74) is 1.15. The Labute approximate surface area is 147 Å². The third-order valence-electron chi connectivity index (χ3n) is 4.22. The molecule has 2 aromatic carbocycles. The molecule has 0 aliphatic rings. The topological polar surface area (TPSA) is 38.3 Å². The Balaban J connectivity index is 1.98. The lowest BCUT2D eigenvalue weighted by Gasteiger charge is -2.18. The van der Waals surface area contributed by atoms with Crippen molar-refractivity contribution in [3.05, 3.63) is 65.2 Å². The first kappa shape index (κ1) is 18.9. The lowest BCUT2D eigenvalue weighted by Crippen LogP contribution is -2.31. The maximum atomic E-state index is 13.8. The van der Waals surface area contributed by atoms with Gasteiger partial charge in [-0.3, -0.25) is 4.79 Å². The average Bonchev–Trinajstić information content (AvgIpc) is 2.61. The molecule has 3 nitrogen and oxygen atoms in total. The van der Waals surface area contributed by atoms with Crippen molar-refractivity contribution < 1.29 is 18.3 Å². The fourth-order valence-corrected chi connectivity index (χ4v) is 2.59. The second kappa shape index (κ2) is 8.60. The maximum absolute atomic E-state index is 13.8. The number of ether oxygens (including phenoxy) is 1. The molecule has 2 rings (SSSR count). The van der Waals surface area contributed by atoms with E-state index < -0.39 is 23.6 Å². The van der Waals surface area contributed by atoms with E-state index in [1.54, 1.807) is 6.92 Å². The summed E-state index contributed by atoms with van der Waals surface area (Å²) in [5, 5.41) is 2.63. The Bertz CT molecular complexity index is 733. The molecule has 0 saturated carbocycles. The number of para-hydroxylation sites is 1.